The highest BCUT2D eigenvalue weighted by Gasteiger charge is 2.32. The third kappa shape index (κ3) is 4.34. The quantitative estimate of drug-likeness (QED) is 0.670. The first kappa shape index (κ1) is 20.2. The predicted octanol–water partition coefficient (Wildman–Crippen LogP) is -0.678. The van der Waals surface area contributed by atoms with Crippen LogP contribution in [0.4, 0.5) is 0 Å². The first-order valence-corrected chi connectivity index (χ1v) is 10.9. The Morgan fingerprint density at radius 3 is 1.96 bits per heavy atom. The molecule has 27 heavy (non-hydrogen) atoms. The van der Waals surface area contributed by atoms with E-state index in [4.69, 9.17) is 0 Å². The normalized spacial score (nSPS) is 21.3. The van der Waals surface area contributed by atoms with Crippen LogP contribution in [0.3, 0.4) is 0 Å². The van der Waals surface area contributed by atoms with Crippen LogP contribution in [0.15, 0.2) is 15.7 Å². The highest BCUT2D eigenvalue weighted by molar-refractivity contribution is 7.86. The first-order valence-electron chi connectivity index (χ1n) is 9.54. The predicted molar refractivity (Wildman–Crippen MR) is 103 cm³/mol. The van der Waals surface area contributed by atoms with Gasteiger partial charge in [-0.25, -0.2) is 4.79 Å². The molecule has 2 aliphatic heterocycles. The van der Waals surface area contributed by atoms with Crippen molar-refractivity contribution < 1.29 is 8.42 Å². The van der Waals surface area contributed by atoms with E-state index in [1.54, 1.807) is 15.7 Å². The van der Waals surface area contributed by atoms with Gasteiger partial charge < -0.3 is 0 Å². The molecule has 2 aliphatic rings. The average Bonchev–Trinajstić information content (AvgIpc) is 2.95. The molecule has 0 unspecified atom stereocenters. The fraction of sp³-hybridized carbons (Fsp3) is 0.765. The molecule has 0 radical (unpaired) electrons. The molecule has 3 heterocycles. The van der Waals surface area contributed by atoms with E-state index >= 15 is 0 Å². The van der Waals surface area contributed by atoms with Gasteiger partial charge in [-0.15, -0.1) is 0 Å². The molecule has 0 aliphatic carbocycles. The second-order valence-electron chi connectivity index (χ2n) is 7.37. The van der Waals surface area contributed by atoms with Crippen molar-refractivity contribution >= 4 is 10.2 Å². The monoisotopic (exact) mass is 399 g/mol. The minimum absolute atomic E-state index is 0.324. The summed E-state index contributed by atoms with van der Waals surface area (Å²) >= 11 is 0. The van der Waals surface area contributed by atoms with Crippen LogP contribution in [0.5, 0.6) is 0 Å². The second kappa shape index (κ2) is 8.26. The number of aromatic nitrogens is 2. The molecule has 0 spiro atoms. The Morgan fingerprint density at radius 1 is 0.815 bits per heavy atom. The summed E-state index contributed by atoms with van der Waals surface area (Å²) < 4.78 is 31.5. The summed E-state index contributed by atoms with van der Waals surface area (Å²) in [7, 11) is -0.291. The summed E-state index contributed by atoms with van der Waals surface area (Å²) in [6.07, 6.45) is 4.04. The van der Waals surface area contributed by atoms with Crippen molar-refractivity contribution in [2.75, 3.05) is 39.3 Å². The van der Waals surface area contributed by atoms with Crippen LogP contribution < -0.4 is 11.2 Å². The van der Waals surface area contributed by atoms with Gasteiger partial charge in [-0.2, -0.15) is 17.0 Å². The Morgan fingerprint density at radius 2 is 1.37 bits per heavy atom. The third-order valence-corrected chi connectivity index (χ3v) is 7.60. The minimum Gasteiger partial charge on any atom is -0.299 e. The van der Waals surface area contributed by atoms with Crippen molar-refractivity contribution in [2.24, 2.45) is 14.1 Å². The van der Waals surface area contributed by atoms with Gasteiger partial charge in [0.05, 0.1) is 0 Å². The Balaban J connectivity index is 1.64. The molecule has 1 aromatic rings. The lowest BCUT2D eigenvalue weighted by Gasteiger charge is -2.36. The lowest BCUT2D eigenvalue weighted by Crippen LogP contribution is -2.53. The lowest BCUT2D eigenvalue weighted by molar-refractivity contribution is 0.171. The lowest BCUT2D eigenvalue weighted by atomic mass is 10.2. The van der Waals surface area contributed by atoms with Crippen molar-refractivity contribution in [1.29, 1.82) is 0 Å². The van der Waals surface area contributed by atoms with E-state index in [2.05, 4.69) is 4.90 Å². The Kier molecular flexibility index (Phi) is 6.19. The molecule has 2 saturated heterocycles. The van der Waals surface area contributed by atoms with E-state index in [-0.39, 0.29) is 11.2 Å². The van der Waals surface area contributed by atoms with Gasteiger partial charge in [0.1, 0.15) is 0 Å². The van der Waals surface area contributed by atoms with Crippen molar-refractivity contribution in [1.82, 2.24) is 22.6 Å². The second-order valence-corrected chi connectivity index (χ2v) is 9.30. The van der Waals surface area contributed by atoms with E-state index in [0.29, 0.717) is 51.5 Å². The number of hydrogen-bond donors (Lipinski definition) is 0. The number of nitrogens with zero attached hydrogens (tertiary/aromatic N) is 5. The summed E-state index contributed by atoms with van der Waals surface area (Å²) in [6.45, 7) is 3.69. The SMILES string of the molecule is Cn1c(CN2CCN(S(=O)(=O)N3CCCCCC3)CC2)cc(=O)n(C)c1=O. The van der Waals surface area contributed by atoms with Gasteiger partial charge in [0.25, 0.3) is 15.8 Å². The van der Waals surface area contributed by atoms with E-state index in [9.17, 15) is 18.0 Å². The van der Waals surface area contributed by atoms with Crippen LogP contribution in [-0.2, 0) is 30.8 Å². The molecule has 3 rings (SSSR count). The Bertz CT molecular complexity index is 876. The van der Waals surface area contributed by atoms with Gasteiger partial charge in [0.2, 0.25) is 0 Å². The van der Waals surface area contributed by atoms with Gasteiger partial charge in [0.15, 0.2) is 0 Å². The van der Waals surface area contributed by atoms with Gasteiger partial charge >= 0.3 is 5.69 Å². The molecule has 9 nitrogen and oxygen atoms in total. The summed E-state index contributed by atoms with van der Waals surface area (Å²) in [5.41, 5.74) is -0.0257. The van der Waals surface area contributed by atoms with E-state index in [1.807, 2.05) is 0 Å². The van der Waals surface area contributed by atoms with Gasteiger partial charge in [0, 0.05) is 71.7 Å². The molecule has 0 aromatic carbocycles. The molecule has 0 atom stereocenters. The van der Waals surface area contributed by atoms with Gasteiger partial charge in [-0.3, -0.25) is 18.8 Å². The van der Waals surface area contributed by atoms with Crippen LogP contribution in [0.2, 0.25) is 0 Å². The summed E-state index contributed by atoms with van der Waals surface area (Å²) in [5.74, 6) is 0. The molecule has 0 bridgehead atoms. The van der Waals surface area contributed by atoms with Gasteiger partial charge in [-0.05, 0) is 12.8 Å². The van der Waals surface area contributed by atoms with Crippen LogP contribution in [0.25, 0.3) is 0 Å². The molecular formula is C17H29N5O4S. The largest absolute Gasteiger partial charge is 0.330 e. The average molecular weight is 400 g/mol. The zero-order valence-corrected chi connectivity index (χ0v) is 16.9. The molecular weight excluding hydrogens is 370 g/mol. The standard InChI is InChI=1S/C17H29N5O4S/c1-18-15(13-16(23)19(2)17(18)24)14-20-9-11-22(12-10-20)27(25,26)21-7-5-3-4-6-8-21/h13H,3-12,14H2,1-2H3. The van der Waals surface area contributed by atoms with E-state index < -0.39 is 10.2 Å². The highest BCUT2D eigenvalue weighted by atomic mass is 32.2. The maximum Gasteiger partial charge on any atom is 0.330 e. The van der Waals surface area contributed by atoms with Gasteiger partial charge in [-0.1, -0.05) is 12.8 Å². The van der Waals surface area contributed by atoms with E-state index in [1.165, 1.54) is 17.7 Å². The number of hydrogen-bond acceptors (Lipinski definition) is 5. The molecule has 2 fully saturated rings. The zero-order chi connectivity index (χ0) is 19.6. The van der Waals surface area contributed by atoms with Crippen LogP contribution >= 0.6 is 0 Å². The molecule has 1 aromatic heterocycles. The highest BCUT2D eigenvalue weighted by Crippen LogP contribution is 2.18. The van der Waals surface area contributed by atoms with Crippen molar-refractivity contribution in [3.05, 3.63) is 32.6 Å². The summed E-state index contributed by atoms with van der Waals surface area (Å²) in [4.78, 5) is 26.0. The maximum atomic E-state index is 12.9. The van der Waals surface area contributed by atoms with E-state index in [0.717, 1.165) is 30.3 Å². The smallest absolute Gasteiger partial charge is 0.299 e. The Labute approximate surface area is 160 Å². The van der Waals surface area contributed by atoms with Crippen LogP contribution in [0.1, 0.15) is 31.4 Å². The minimum atomic E-state index is -3.40. The van der Waals surface area contributed by atoms with Crippen molar-refractivity contribution in [3.8, 4) is 0 Å². The number of rotatable bonds is 4. The molecule has 10 heteroatoms. The molecule has 0 saturated carbocycles. The summed E-state index contributed by atoms with van der Waals surface area (Å²) in [6, 6.07) is 1.47. The van der Waals surface area contributed by atoms with Crippen LogP contribution in [0, 0.1) is 0 Å². The zero-order valence-electron chi connectivity index (χ0n) is 16.1. The van der Waals surface area contributed by atoms with Crippen LogP contribution in [-0.4, -0.2) is 70.3 Å². The molecule has 152 valence electrons. The van der Waals surface area contributed by atoms with Crippen molar-refractivity contribution in [2.45, 2.75) is 32.2 Å². The summed E-state index contributed by atoms with van der Waals surface area (Å²) in [5, 5.41) is 0. The molecule has 0 amide bonds. The molecule has 0 N–H and O–H groups in total. The topological polar surface area (TPSA) is 87.9 Å². The fourth-order valence-electron chi connectivity index (χ4n) is 3.71. The number of piperazine rings is 1. The maximum absolute atomic E-state index is 12.9. The first-order chi connectivity index (χ1) is 12.8. The van der Waals surface area contributed by atoms with Crippen molar-refractivity contribution in [3.63, 3.8) is 0 Å². The Hall–Kier alpha value is -1.49. The fourth-order valence-corrected chi connectivity index (χ4v) is 5.38. The third-order valence-electron chi connectivity index (χ3n) is 5.56.